The van der Waals surface area contributed by atoms with Crippen LogP contribution < -0.4 is 56.1 Å². The molecule has 0 heterocycles. The molecule has 2 aromatic carbocycles. The molecule has 124 valence electrons. The maximum atomic E-state index is 10.9. The Morgan fingerprint density at radius 3 is 2.25 bits per heavy atom. The number of benzene rings is 2. The molecule has 0 fully saturated rings. The third kappa shape index (κ3) is 6.96. The Bertz CT molecular complexity index is 727. The van der Waals surface area contributed by atoms with Crippen molar-refractivity contribution >= 4 is 10.1 Å². The molecule has 0 unspecified atom stereocenters. The molecule has 4 nitrogen and oxygen atoms in total. The van der Waals surface area contributed by atoms with E-state index in [0.29, 0.717) is 5.75 Å². The third-order valence-electron chi connectivity index (χ3n) is 3.61. The number of para-hydroxylation sites is 1. The molecule has 0 aliphatic carbocycles. The minimum absolute atomic E-state index is 0. The number of hydrogen-bond acceptors (Lipinski definition) is 4. The second-order valence-electron chi connectivity index (χ2n) is 5.45. The molecule has 0 atom stereocenters. The summed E-state index contributed by atoms with van der Waals surface area (Å²) >= 11 is 0. The first-order valence-corrected chi connectivity index (χ1v) is 9.23. The van der Waals surface area contributed by atoms with Crippen LogP contribution in [0.3, 0.4) is 0 Å². The summed E-state index contributed by atoms with van der Waals surface area (Å²) < 4.78 is 38.6. The van der Waals surface area contributed by atoms with Gasteiger partial charge in [0.2, 0.25) is 0 Å². The summed E-state index contributed by atoms with van der Waals surface area (Å²) in [4.78, 5) is -0.252. The Balaban J connectivity index is 0.00000288. The van der Waals surface area contributed by atoms with Gasteiger partial charge in [-0.25, -0.2) is 8.42 Å². The molecule has 0 radical (unpaired) electrons. The quantitative estimate of drug-likeness (QED) is 0.400. The number of ether oxygens (including phenoxy) is 1. The van der Waals surface area contributed by atoms with Gasteiger partial charge in [-0.05, 0) is 48.7 Å². The summed E-state index contributed by atoms with van der Waals surface area (Å²) in [5.74, 6) is 1.28. The largest absolute Gasteiger partial charge is 1.00 e. The maximum absolute atomic E-state index is 10.9. The van der Waals surface area contributed by atoms with E-state index in [9.17, 15) is 13.0 Å². The van der Waals surface area contributed by atoms with Crippen LogP contribution in [-0.4, -0.2) is 13.0 Å². The van der Waals surface area contributed by atoms with Crippen molar-refractivity contribution < 1.29 is 69.1 Å². The molecule has 0 bridgehead atoms. The van der Waals surface area contributed by atoms with E-state index in [4.69, 9.17) is 4.74 Å². The van der Waals surface area contributed by atoms with Crippen LogP contribution in [0.2, 0.25) is 0 Å². The van der Waals surface area contributed by atoms with Crippen molar-refractivity contribution in [2.75, 3.05) is 0 Å². The van der Waals surface area contributed by atoms with Gasteiger partial charge in [-0.3, -0.25) is 0 Å². The first-order valence-electron chi connectivity index (χ1n) is 7.82. The van der Waals surface area contributed by atoms with Gasteiger partial charge in [0.05, 0.1) is 4.90 Å². The van der Waals surface area contributed by atoms with Crippen molar-refractivity contribution in [3.63, 3.8) is 0 Å². The Morgan fingerprint density at radius 2 is 1.62 bits per heavy atom. The molecule has 0 spiro atoms. The smallest absolute Gasteiger partial charge is 0.744 e. The average molecular weight is 373 g/mol. The monoisotopic (exact) mass is 372 g/mol. The van der Waals surface area contributed by atoms with Gasteiger partial charge in [-0.1, -0.05) is 44.4 Å². The zero-order valence-electron chi connectivity index (χ0n) is 14.2. The summed E-state index contributed by atoms with van der Waals surface area (Å²) in [6, 6.07) is 13.3. The Labute approximate surface area is 186 Å². The van der Waals surface area contributed by atoms with Gasteiger partial charge in [-0.15, -0.1) is 0 Å². The van der Waals surface area contributed by atoms with E-state index in [0.717, 1.165) is 24.2 Å². The average Bonchev–Trinajstić information content (AvgIpc) is 2.53. The van der Waals surface area contributed by atoms with Crippen molar-refractivity contribution in [3.05, 3.63) is 54.1 Å². The van der Waals surface area contributed by atoms with Gasteiger partial charge in [0, 0.05) is 0 Å². The third-order valence-corrected chi connectivity index (χ3v) is 4.46. The predicted octanol–water partition coefficient (Wildman–Crippen LogP) is 1.51. The van der Waals surface area contributed by atoms with Crippen LogP contribution in [0.4, 0.5) is 0 Å². The van der Waals surface area contributed by atoms with E-state index >= 15 is 0 Å². The van der Waals surface area contributed by atoms with Gasteiger partial charge in [0.15, 0.2) is 0 Å². The summed E-state index contributed by atoms with van der Waals surface area (Å²) in [6.07, 6.45) is 5.69. The van der Waals surface area contributed by atoms with Crippen LogP contribution in [-0.2, 0) is 16.5 Å². The topological polar surface area (TPSA) is 66.4 Å². The second kappa shape index (κ2) is 10.7. The van der Waals surface area contributed by atoms with Crippen LogP contribution in [0, 0.1) is 0 Å². The second-order valence-corrected chi connectivity index (χ2v) is 6.83. The van der Waals surface area contributed by atoms with E-state index in [-0.39, 0.29) is 56.3 Å². The fraction of sp³-hybridized carbons (Fsp3) is 0.333. The summed E-state index contributed by atoms with van der Waals surface area (Å²) in [7, 11) is -4.42. The molecule has 0 saturated heterocycles. The standard InChI is InChI=1S/C18H22O4S.K/c1-2-3-4-5-8-15-9-6-7-10-18(15)22-16-11-13-17(14-12-16)23(19,20)21;/h6-7,9-14H,2-5,8H2,1H3,(H,19,20,21);/q;+1/p-1. The van der Waals surface area contributed by atoms with Gasteiger partial charge >= 0.3 is 51.4 Å². The normalized spacial score (nSPS) is 10.9. The van der Waals surface area contributed by atoms with E-state index < -0.39 is 10.1 Å². The molecule has 2 rings (SSSR count). The number of hydrogen-bond donors (Lipinski definition) is 0. The summed E-state index contributed by atoms with van der Waals surface area (Å²) in [5, 5.41) is 0. The minimum Gasteiger partial charge on any atom is -0.744 e. The van der Waals surface area contributed by atoms with E-state index in [1.165, 1.54) is 43.5 Å². The van der Waals surface area contributed by atoms with E-state index in [2.05, 4.69) is 6.92 Å². The molecule has 0 amide bonds. The molecule has 2 aromatic rings. The Kier molecular flexibility index (Phi) is 9.74. The van der Waals surface area contributed by atoms with Gasteiger partial charge in [0.1, 0.15) is 21.6 Å². The summed E-state index contributed by atoms with van der Waals surface area (Å²) in [5.41, 5.74) is 1.13. The summed E-state index contributed by atoms with van der Waals surface area (Å²) in [6.45, 7) is 2.18. The Hall–Kier alpha value is -0.214. The molecule has 0 aromatic heterocycles. The molecule has 0 aliphatic rings. The molecule has 0 aliphatic heterocycles. The molecule has 6 heteroatoms. The SMILES string of the molecule is CCCCCCc1ccccc1Oc1ccc(S(=O)(=O)[O-])cc1.[K+]. The maximum Gasteiger partial charge on any atom is 1.00 e. The van der Waals surface area contributed by atoms with Crippen molar-refractivity contribution in [2.24, 2.45) is 0 Å². The van der Waals surface area contributed by atoms with Gasteiger partial charge < -0.3 is 9.29 Å². The molecular formula is C18H21KO4S. The van der Waals surface area contributed by atoms with Gasteiger partial charge in [-0.2, -0.15) is 0 Å². The van der Waals surface area contributed by atoms with Gasteiger partial charge in [0.25, 0.3) is 0 Å². The zero-order valence-corrected chi connectivity index (χ0v) is 18.1. The number of rotatable bonds is 8. The van der Waals surface area contributed by atoms with Crippen LogP contribution in [0.1, 0.15) is 38.2 Å². The van der Waals surface area contributed by atoms with Crippen molar-refractivity contribution in [3.8, 4) is 11.5 Å². The van der Waals surface area contributed by atoms with Crippen LogP contribution in [0.25, 0.3) is 0 Å². The fourth-order valence-electron chi connectivity index (χ4n) is 2.35. The molecule has 24 heavy (non-hydrogen) atoms. The van der Waals surface area contributed by atoms with E-state index in [1.807, 2.05) is 24.3 Å². The van der Waals surface area contributed by atoms with Crippen LogP contribution in [0.5, 0.6) is 11.5 Å². The van der Waals surface area contributed by atoms with Crippen molar-refractivity contribution in [2.45, 2.75) is 43.9 Å². The minimum atomic E-state index is -4.42. The van der Waals surface area contributed by atoms with Crippen LogP contribution in [0.15, 0.2) is 53.4 Å². The first kappa shape index (κ1) is 21.8. The predicted molar refractivity (Wildman–Crippen MR) is 88.8 cm³/mol. The van der Waals surface area contributed by atoms with E-state index in [1.54, 1.807) is 0 Å². The number of aryl methyl sites for hydroxylation is 1. The molecular weight excluding hydrogens is 351 g/mol. The van der Waals surface area contributed by atoms with Crippen LogP contribution >= 0.6 is 0 Å². The molecule has 0 N–H and O–H groups in total. The fourth-order valence-corrected chi connectivity index (χ4v) is 2.82. The Morgan fingerprint density at radius 1 is 0.958 bits per heavy atom. The zero-order chi connectivity index (χ0) is 16.7. The first-order chi connectivity index (χ1) is 11.0. The number of unbranched alkanes of at least 4 members (excludes halogenated alkanes) is 3. The molecule has 0 saturated carbocycles. The van der Waals surface area contributed by atoms with Crippen molar-refractivity contribution in [1.82, 2.24) is 0 Å². The van der Waals surface area contributed by atoms with Crippen molar-refractivity contribution in [1.29, 1.82) is 0 Å².